The van der Waals surface area contributed by atoms with E-state index in [2.05, 4.69) is 4.74 Å². The Balaban J connectivity index is 4.05. The lowest BCUT2D eigenvalue weighted by atomic mass is 10.1. The fraction of sp³-hybridized carbons (Fsp3) is 0.667. The Morgan fingerprint density at radius 3 is 2.05 bits per heavy atom. The molecule has 0 radical (unpaired) electrons. The molecule has 0 atom stereocenters. The molecule has 0 N–H and O–H groups in total. The molecule has 0 spiro atoms. The molecule has 19 heavy (non-hydrogen) atoms. The molecular formula is C12H17Cl3O4. The van der Waals surface area contributed by atoms with Crippen molar-refractivity contribution in [3.05, 3.63) is 11.8 Å². The Morgan fingerprint density at radius 1 is 1.00 bits per heavy atom. The van der Waals surface area contributed by atoms with Gasteiger partial charge in [-0.1, -0.05) is 41.2 Å². The van der Waals surface area contributed by atoms with Gasteiger partial charge < -0.3 is 9.47 Å². The first-order chi connectivity index (χ1) is 8.81. The minimum absolute atomic E-state index is 0.228. The molecule has 0 aromatic rings. The van der Waals surface area contributed by atoms with Crippen LogP contribution < -0.4 is 0 Å². The summed E-state index contributed by atoms with van der Waals surface area (Å²) in [5, 5.41) is 0. The summed E-state index contributed by atoms with van der Waals surface area (Å²) < 4.78 is 7.60. The normalized spacial score (nSPS) is 12.2. The van der Waals surface area contributed by atoms with Crippen molar-refractivity contribution in [3.8, 4) is 0 Å². The number of hydrogen-bond acceptors (Lipinski definition) is 4. The summed E-state index contributed by atoms with van der Waals surface area (Å²) in [5.41, 5.74) is 0. The number of carbonyl (C=O) groups excluding carboxylic acids is 2. The lowest BCUT2D eigenvalue weighted by molar-refractivity contribution is -0.140. The summed E-state index contributed by atoms with van der Waals surface area (Å²) >= 11 is 16.3. The van der Waals surface area contributed by atoms with Crippen molar-refractivity contribution in [2.45, 2.75) is 35.9 Å². The number of ether oxygens (including phenoxy) is 2. The number of alkyl halides is 3. The molecule has 7 heteroatoms. The van der Waals surface area contributed by atoms with Crippen LogP contribution in [-0.4, -0.2) is 29.8 Å². The average molecular weight is 332 g/mol. The van der Waals surface area contributed by atoms with Crippen LogP contribution >= 0.6 is 34.8 Å². The molecule has 0 heterocycles. The molecule has 0 aromatic carbocycles. The molecule has 0 bridgehead atoms. The number of rotatable bonds is 8. The van der Waals surface area contributed by atoms with E-state index in [0.717, 1.165) is 19.3 Å². The van der Waals surface area contributed by atoms with Crippen molar-refractivity contribution < 1.29 is 19.1 Å². The number of halogens is 3. The van der Waals surface area contributed by atoms with Crippen molar-refractivity contribution in [3.63, 3.8) is 0 Å². The first kappa shape index (κ1) is 18.6. The van der Waals surface area contributed by atoms with E-state index in [0.29, 0.717) is 18.6 Å². The van der Waals surface area contributed by atoms with E-state index in [1.807, 2.05) is 0 Å². The predicted octanol–water partition coefficient (Wildman–Crippen LogP) is 3.58. The van der Waals surface area contributed by atoms with Gasteiger partial charge in [0.15, 0.2) is 0 Å². The third kappa shape index (κ3) is 9.14. The number of unbranched alkanes of at least 4 members (excludes halogenated alkanes) is 2. The number of carbonyl (C=O) groups is 2. The first-order valence-corrected chi connectivity index (χ1v) is 6.87. The van der Waals surface area contributed by atoms with E-state index in [1.54, 1.807) is 0 Å². The Kier molecular flexibility index (Phi) is 9.23. The number of methoxy groups -OCH3 is 2. The molecule has 0 aliphatic heterocycles. The van der Waals surface area contributed by atoms with Crippen LogP contribution in [0.15, 0.2) is 11.8 Å². The van der Waals surface area contributed by atoms with Crippen molar-refractivity contribution in [1.82, 2.24) is 0 Å². The molecular weight excluding hydrogens is 314 g/mol. The smallest absolute Gasteiger partial charge is 0.305 e. The molecule has 0 aliphatic carbocycles. The van der Waals surface area contributed by atoms with Crippen molar-refractivity contribution in [2.24, 2.45) is 0 Å². The van der Waals surface area contributed by atoms with Crippen LogP contribution in [0.4, 0.5) is 0 Å². The van der Waals surface area contributed by atoms with Crippen molar-refractivity contribution in [1.29, 1.82) is 0 Å². The summed E-state index contributed by atoms with van der Waals surface area (Å²) in [4.78, 5) is 22.3. The van der Waals surface area contributed by atoms with Gasteiger partial charge >= 0.3 is 5.97 Å². The predicted molar refractivity (Wildman–Crippen MR) is 75.5 cm³/mol. The summed E-state index contributed by atoms with van der Waals surface area (Å²) in [7, 11) is 2.81. The Hall–Kier alpha value is -0.450. The Labute approximate surface area is 128 Å². The van der Waals surface area contributed by atoms with Gasteiger partial charge in [0, 0.05) is 18.9 Å². The van der Waals surface area contributed by atoms with Gasteiger partial charge in [0.2, 0.25) is 5.78 Å². The average Bonchev–Trinajstić information content (AvgIpc) is 2.35. The molecule has 110 valence electrons. The van der Waals surface area contributed by atoms with Gasteiger partial charge in [0.1, 0.15) is 0 Å². The molecule has 0 aromatic heterocycles. The summed E-state index contributed by atoms with van der Waals surface area (Å²) in [6, 6.07) is 0. The third-order valence-electron chi connectivity index (χ3n) is 2.37. The monoisotopic (exact) mass is 330 g/mol. The van der Waals surface area contributed by atoms with E-state index in [-0.39, 0.29) is 5.97 Å². The minimum Gasteiger partial charge on any atom is -0.501 e. The zero-order valence-corrected chi connectivity index (χ0v) is 13.1. The molecule has 0 rings (SSSR count). The van der Waals surface area contributed by atoms with Gasteiger partial charge in [-0.15, -0.1) is 0 Å². The van der Waals surface area contributed by atoms with Gasteiger partial charge in [-0.05, 0) is 12.8 Å². The molecule has 0 amide bonds. The van der Waals surface area contributed by atoms with Gasteiger partial charge in [-0.3, -0.25) is 9.59 Å². The number of hydrogen-bond donors (Lipinski definition) is 0. The Bertz CT molecular complexity index is 334. The standard InChI is InChI=1S/C12H17Cl3O4/c1-18-9(8-10(16)12(13,14)15)6-4-3-5-7-11(17)19-2/h8H,3-7H2,1-2H3. The summed E-state index contributed by atoms with van der Waals surface area (Å²) in [6.07, 6.45) is 4.43. The molecule has 0 saturated carbocycles. The molecule has 0 saturated heterocycles. The maximum Gasteiger partial charge on any atom is 0.305 e. The number of esters is 1. The highest BCUT2D eigenvalue weighted by atomic mass is 35.6. The minimum atomic E-state index is -1.96. The molecule has 4 nitrogen and oxygen atoms in total. The third-order valence-corrected chi connectivity index (χ3v) is 2.92. The highest BCUT2D eigenvalue weighted by Gasteiger charge is 2.28. The number of ketones is 1. The Morgan fingerprint density at radius 2 is 1.58 bits per heavy atom. The van der Waals surface area contributed by atoms with Gasteiger partial charge in [-0.25, -0.2) is 0 Å². The summed E-state index contributed by atoms with van der Waals surface area (Å²) in [5.74, 6) is -0.410. The second kappa shape index (κ2) is 9.45. The van der Waals surface area contributed by atoms with Crippen LogP contribution in [0.2, 0.25) is 0 Å². The highest BCUT2D eigenvalue weighted by molar-refractivity contribution is 6.77. The van der Waals surface area contributed by atoms with Crippen LogP contribution in [0.1, 0.15) is 32.1 Å². The second-order valence-corrected chi connectivity index (χ2v) is 6.09. The van der Waals surface area contributed by atoms with Crippen LogP contribution in [-0.2, 0) is 19.1 Å². The largest absolute Gasteiger partial charge is 0.501 e. The first-order valence-electron chi connectivity index (χ1n) is 5.73. The fourth-order valence-electron chi connectivity index (χ4n) is 1.31. The molecule has 0 fully saturated rings. The van der Waals surface area contributed by atoms with Gasteiger partial charge in [-0.2, -0.15) is 0 Å². The molecule has 0 aliphatic rings. The fourth-order valence-corrected chi connectivity index (χ4v) is 1.47. The highest BCUT2D eigenvalue weighted by Crippen LogP contribution is 2.28. The zero-order chi connectivity index (χ0) is 14.9. The zero-order valence-electron chi connectivity index (χ0n) is 10.9. The topological polar surface area (TPSA) is 52.6 Å². The lowest BCUT2D eigenvalue weighted by Crippen LogP contribution is -2.16. The quantitative estimate of drug-likeness (QED) is 0.224. The maximum atomic E-state index is 11.4. The van der Waals surface area contributed by atoms with Crippen LogP contribution in [0.3, 0.4) is 0 Å². The molecule has 0 unspecified atom stereocenters. The van der Waals surface area contributed by atoms with Gasteiger partial charge in [0.05, 0.1) is 20.0 Å². The second-order valence-electron chi connectivity index (χ2n) is 3.81. The van der Waals surface area contributed by atoms with Crippen molar-refractivity contribution in [2.75, 3.05) is 14.2 Å². The van der Waals surface area contributed by atoms with E-state index >= 15 is 0 Å². The van der Waals surface area contributed by atoms with Crippen LogP contribution in [0.5, 0.6) is 0 Å². The SMILES string of the molecule is COC(=O)CCCCCC(=CC(=O)C(Cl)(Cl)Cl)OC. The van der Waals surface area contributed by atoms with Crippen molar-refractivity contribution >= 4 is 46.6 Å². The maximum absolute atomic E-state index is 11.4. The summed E-state index contributed by atoms with van der Waals surface area (Å²) in [6.45, 7) is 0. The number of allylic oxidation sites excluding steroid dienone is 2. The lowest BCUT2D eigenvalue weighted by Gasteiger charge is -2.09. The van der Waals surface area contributed by atoms with E-state index in [1.165, 1.54) is 20.3 Å². The van der Waals surface area contributed by atoms with Gasteiger partial charge in [0.25, 0.3) is 3.79 Å². The van der Waals surface area contributed by atoms with E-state index in [9.17, 15) is 9.59 Å². The van der Waals surface area contributed by atoms with Crippen LogP contribution in [0, 0.1) is 0 Å². The van der Waals surface area contributed by atoms with E-state index < -0.39 is 9.58 Å². The van der Waals surface area contributed by atoms with Crippen LogP contribution in [0.25, 0.3) is 0 Å². The van der Waals surface area contributed by atoms with E-state index in [4.69, 9.17) is 39.5 Å².